The zero-order valence-corrected chi connectivity index (χ0v) is 20.8. The fraction of sp³-hybridized carbons (Fsp3) is 0.238. The fourth-order valence-corrected chi connectivity index (χ4v) is 6.21. The normalized spacial score (nSPS) is 12.7. The first-order valence-electron chi connectivity index (χ1n) is 9.51. The molecule has 164 valence electrons. The maximum Gasteiger partial charge on any atom is 0.288 e. The van der Waals surface area contributed by atoms with Crippen LogP contribution in [0.3, 0.4) is 0 Å². The van der Waals surface area contributed by atoms with Crippen LogP contribution in [0, 0.1) is 6.92 Å². The lowest BCUT2D eigenvalue weighted by atomic mass is 10.2. The summed E-state index contributed by atoms with van der Waals surface area (Å²) >= 11 is 3.44. The van der Waals surface area contributed by atoms with Crippen LogP contribution in [-0.2, 0) is 20.7 Å². The molecule has 2 N–H and O–H groups in total. The molecule has 0 aliphatic carbocycles. The first-order chi connectivity index (χ1) is 14.7. The molecule has 0 saturated heterocycles. The maximum atomic E-state index is 12.8. The molecular formula is C21H24BrN5O2S2. The van der Waals surface area contributed by atoms with Gasteiger partial charge in [-0.05, 0) is 72.8 Å². The van der Waals surface area contributed by atoms with Crippen LogP contribution in [-0.4, -0.2) is 30.7 Å². The van der Waals surface area contributed by atoms with Crippen molar-refractivity contribution in [2.75, 3.05) is 16.9 Å². The molecule has 0 radical (unpaired) electrons. The van der Waals surface area contributed by atoms with Gasteiger partial charge in [-0.25, -0.2) is 4.98 Å². The lowest BCUT2D eigenvalue weighted by Crippen LogP contribution is -2.12. The number of nitrogens with zero attached hydrogens (tertiary/aromatic N) is 3. The fourth-order valence-electron chi connectivity index (χ4n) is 2.76. The molecule has 0 bridgehead atoms. The van der Waals surface area contributed by atoms with Gasteiger partial charge in [-0.1, -0.05) is 35.0 Å². The minimum absolute atomic E-state index is 0.223. The van der Waals surface area contributed by atoms with Crippen molar-refractivity contribution in [3.8, 4) is 0 Å². The number of benzene rings is 2. The van der Waals surface area contributed by atoms with Gasteiger partial charge in [0.1, 0.15) is 5.82 Å². The Labute approximate surface area is 194 Å². The topological polar surface area (TPSA) is 96.3 Å². The summed E-state index contributed by atoms with van der Waals surface area (Å²) in [6, 6.07) is 14.5. The molecule has 0 aliphatic rings. The summed E-state index contributed by atoms with van der Waals surface area (Å²) in [4.78, 5) is 9.82. The SMILES string of the molecule is Cc1ccccc1S(=O)(=O)N=S(C)c1cccc(Nc2ncc(Br)c(NC(C)C)n2)c1. The lowest BCUT2D eigenvalue weighted by Gasteiger charge is -2.13. The minimum Gasteiger partial charge on any atom is -0.367 e. The predicted molar refractivity (Wildman–Crippen MR) is 131 cm³/mol. The van der Waals surface area contributed by atoms with Crippen molar-refractivity contribution < 1.29 is 8.42 Å². The van der Waals surface area contributed by atoms with Gasteiger partial charge in [-0.15, -0.1) is 3.77 Å². The van der Waals surface area contributed by atoms with Crippen LogP contribution in [0.25, 0.3) is 0 Å². The first-order valence-corrected chi connectivity index (χ1v) is 13.3. The molecule has 3 aromatic rings. The quantitative estimate of drug-likeness (QED) is 0.438. The van der Waals surface area contributed by atoms with Crippen LogP contribution < -0.4 is 10.6 Å². The van der Waals surface area contributed by atoms with Crippen LogP contribution in [0.2, 0.25) is 0 Å². The highest BCUT2D eigenvalue weighted by molar-refractivity contribution is 9.10. The number of aromatic nitrogens is 2. The number of nitrogens with one attached hydrogen (secondary N) is 2. The Morgan fingerprint density at radius 1 is 1.13 bits per heavy atom. The van der Waals surface area contributed by atoms with E-state index in [1.807, 2.05) is 44.2 Å². The monoisotopic (exact) mass is 521 g/mol. The van der Waals surface area contributed by atoms with E-state index < -0.39 is 20.7 Å². The Hall–Kier alpha value is -2.30. The number of anilines is 3. The van der Waals surface area contributed by atoms with Gasteiger partial charge >= 0.3 is 0 Å². The first kappa shape index (κ1) is 23.4. The number of sulfonamides is 1. The summed E-state index contributed by atoms with van der Waals surface area (Å²) in [5.74, 6) is 1.13. The van der Waals surface area contributed by atoms with E-state index in [1.165, 1.54) is 0 Å². The molecule has 0 saturated carbocycles. The zero-order chi connectivity index (χ0) is 22.6. The molecule has 1 atom stereocenters. The highest BCUT2D eigenvalue weighted by Crippen LogP contribution is 2.24. The Kier molecular flexibility index (Phi) is 7.45. The summed E-state index contributed by atoms with van der Waals surface area (Å²) < 4.78 is 30.4. The van der Waals surface area contributed by atoms with Crippen LogP contribution >= 0.6 is 15.9 Å². The molecule has 0 spiro atoms. The van der Waals surface area contributed by atoms with Gasteiger partial charge in [-0.3, -0.25) is 0 Å². The Morgan fingerprint density at radius 3 is 2.58 bits per heavy atom. The second-order valence-corrected chi connectivity index (χ2v) is 11.4. The smallest absolute Gasteiger partial charge is 0.288 e. The number of hydrogen-bond donors (Lipinski definition) is 2. The molecule has 2 aromatic carbocycles. The van der Waals surface area contributed by atoms with Crippen molar-refractivity contribution in [2.24, 2.45) is 3.77 Å². The number of rotatable bonds is 7. The van der Waals surface area contributed by atoms with Gasteiger partial charge in [0, 0.05) is 22.8 Å². The van der Waals surface area contributed by atoms with E-state index in [0.717, 1.165) is 15.1 Å². The molecule has 1 aromatic heterocycles. The number of hydrogen-bond acceptors (Lipinski definition) is 6. The van der Waals surface area contributed by atoms with Crippen molar-refractivity contribution in [2.45, 2.75) is 36.6 Å². The van der Waals surface area contributed by atoms with E-state index in [1.54, 1.807) is 37.6 Å². The van der Waals surface area contributed by atoms with Crippen LogP contribution in [0.4, 0.5) is 17.5 Å². The van der Waals surface area contributed by atoms with Gasteiger partial charge in [0.25, 0.3) is 10.0 Å². The van der Waals surface area contributed by atoms with Crippen molar-refractivity contribution in [3.63, 3.8) is 0 Å². The molecule has 1 heterocycles. The standard InChI is InChI=1S/C21H24BrN5O2S2/c1-14(2)24-20-18(22)13-23-21(26-20)25-16-9-7-10-17(12-16)30(4)27-31(28,29)19-11-6-5-8-15(19)3/h5-14H,1-4H3,(H2,23,24,25,26). The zero-order valence-electron chi connectivity index (χ0n) is 17.6. The largest absolute Gasteiger partial charge is 0.367 e. The second-order valence-electron chi connectivity index (χ2n) is 7.14. The molecule has 0 aliphatic heterocycles. The van der Waals surface area contributed by atoms with Crippen molar-refractivity contribution in [1.82, 2.24) is 9.97 Å². The van der Waals surface area contributed by atoms with Gasteiger partial charge in [-0.2, -0.15) is 13.4 Å². The summed E-state index contributed by atoms with van der Waals surface area (Å²) in [6.45, 7) is 5.82. The van der Waals surface area contributed by atoms with E-state index in [-0.39, 0.29) is 10.9 Å². The molecule has 0 fully saturated rings. The third-order valence-electron chi connectivity index (χ3n) is 4.18. The highest BCUT2D eigenvalue weighted by Gasteiger charge is 2.16. The van der Waals surface area contributed by atoms with E-state index in [2.05, 4.69) is 40.3 Å². The second kappa shape index (κ2) is 9.88. The molecule has 7 nitrogen and oxygen atoms in total. The van der Waals surface area contributed by atoms with Crippen molar-refractivity contribution >= 4 is 54.1 Å². The average Bonchev–Trinajstić information content (AvgIpc) is 2.70. The Morgan fingerprint density at radius 2 is 1.87 bits per heavy atom. The minimum atomic E-state index is -3.75. The van der Waals surface area contributed by atoms with E-state index in [4.69, 9.17) is 0 Å². The number of aryl methyl sites for hydroxylation is 1. The Balaban J connectivity index is 1.87. The average molecular weight is 522 g/mol. The summed E-state index contributed by atoms with van der Waals surface area (Å²) in [6.07, 6.45) is 3.47. The third kappa shape index (κ3) is 6.11. The summed E-state index contributed by atoms with van der Waals surface area (Å²) in [5.41, 5.74) is 1.43. The molecule has 1 unspecified atom stereocenters. The summed E-state index contributed by atoms with van der Waals surface area (Å²) in [7, 11) is -4.61. The lowest BCUT2D eigenvalue weighted by molar-refractivity contribution is 0.598. The predicted octanol–water partition coefficient (Wildman–Crippen LogP) is 5.29. The Bertz CT molecular complexity index is 1230. The van der Waals surface area contributed by atoms with Gasteiger partial charge in [0.15, 0.2) is 0 Å². The van der Waals surface area contributed by atoms with Crippen molar-refractivity contribution in [1.29, 1.82) is 0 Å². The molecule has 31 heavy (non-hydrogen) atoms. The molecule has 3 rings (SSSR count). The van der Waals surface area contributed by atoms with Crippen molar-refractivity contribution in [3.05, 3.63) is 64.8 Å². The van der Waals surface area contributed by atoms with Crippen LogP contribution in [0.5, 0.6) is 0 Å². The molecule has 0 amide bonds. The van der Waals surface area contributed by atoms with Gasteiger partial charge < -0.3 is 10.6 Å². The van der Waals surface area contributed by atoms with E-state index in [9.17, 15) is 8.42 Å². The summed E-state index contributed by atoms with van der Waals surface area (Å²) in [5, 5.41) is 6.43. The van der Waals surface area contributed by atoms with Crippen LogP contribution in [0.15, 0.2) is 72.8 Å². The maximum absolute atomic E-state index is 12.8. The molecular weight excluding hydrogens is 498 g/mol. The molecule has 10 heteroatoms. The van der Waals surface area contributed by atoms with E-state index in [0.29, 0.717) is 17.3 Å². The van der Waals surface area contributed by atoms with E-state index >= 15 is 0 Å². The number of halogens is 1. The van der Waals surface area contributed by atoms with Gasteiger partial charge in [0.05, 0.1) is 9.37 Å². The van der Waals surface area contributed by atoms with Gasteiger partial charge in [0.2, 0.25) is 5.95 Å². The third-order valence-corrected chi connectivity index (χ3v) is 8.39. The highest BCUT2D eigenvalue weighted by atomic mass is 79.9. The van der Waals surface area contributed by atoms with Crippen LogP contribution in [0.1, 0.15) is 19.4 Å².